The molecular weight excluding hydrogens is 457 g/mol. The molecule has 0 N–H and O–H groups in total. The van der Waals surface area contributed by atoms with Crippen LogP contribution in [0.5, 0.6) is 0 Å². The summed E-state index contributed by atoms with van der Waals surface area (Å²) in [6.07, 6.45) is 7.68. The van der Waals surface area contributed by atoms with E-state index in [0.717, 1.165) is 27.9 Å². The lowest BCUT2D eigenvalue weighted by molar-refractivity contribution is 1.34. The third-order valence-electron chi connectivity index (χ3n) is 4.67. The maximum atomic E-state index is 4.72. The topological polar surface area (TPSA) is 25.8 Å². The molecular formula is C25H18N2S4. The molecule has 0 aliphatic heterocycles. The number of hydrogen-bond acceptors (Lipinski definition) is 6. The Kier molecular flexibility index (Phi) is 6.13. The minimum absolute atomic E-state index is 0.925. The zero-order chi connectivity index (χ0) is 21.0. The first-order valence-corrected chi connectivity index (χ1v) is 13.2. The molecule has 0 unspecified atom stereocenters. The fourth-order valence-electron chi connectivity index (χ4n) is 3.17. The molecule has 0 radical (unpaired) electrons. The predicted octanol–water partition coefficient (Wildman–Crippen LogP) is 8.75. The van der Waals surface area contributed by atoms with Crippen molar-refractivity contribution < 1.29 is 0 Å². The number of fused-ring (bicyclic) bond motifs is 1. The van der Waals surface area contributed by atoms with E-state index >= 15 is 0 Å². The molecule has 5 aromatic heterocycles. The molecule has 5 heterocycles. The van der Waals surface area contributed by atoms with Crippen LogP contribution in [-0.2, 0) is 5.75 Å². The molecule has 0 aliphatic rings. The molecule has 0 bridgehead atoms. The third kappa shape index (κ3) is 4.57. The summed E-state index contributed by atoms with van der Waals surface area (Å²) < 4.78 is 0. The van der Waals surface area contributed by atoms with Crippen molar-refractivity contribution in [1.82, 2.24) is 9.97 Å². The molecule has 0 amide bonds. The highest BCUT2D eigenvalue weighted by atomic mass is 32.2. The second-order valence-corrected chi connectivity index (χ2v) is 10.9. The van der Waals surface area contributed by atoms with Gasteiger partial charge in [0.05, 0.1) is 11.0 Å². The van der Waals surface area contributed by atoms with Gasteiger partial charge in [0.1, 0.15) is 0 Å². The number of nitrogens with zero attached hydrogens (tertiary/aromatic N) is 2. The molecule has 152 valence electrons. The van der Waals surface area contributed by atoms with Gasteiger partial charge in [-0.3, -0.25) is 9.97 Å². The quantitative estimate of drug-likeness (QED) is 0.220. The number of aromatic nitrogens is 2. The summed E-state index contributed by atoms with van der Waals surface area (Å²) in [7, 11) is 0. The van der Waals surface area contributed by atoms with Gasteiger partial charge in [-0.05, 0) is 53.3 Å². The number of allylic oxidation sites excluding steroid dienone is 2. The predicted molar refractivity (Wildman–Crippen MR) is 140 cm³/mol. The summed E-state index contributed by atoms with van der Waals surface area (Å²) in [5, 5.41) is 4.19. The van der Waals surface area contributed by atoms with Gasteiger partial charge >= 0.3 is 0 Å². The summed E-state index contributed by atoms with van der Waals surface area (Å²) in [5.41, 5.74) is 4.08. The van der Waals surface area contributed by atoms with Crippen LogP contribution in [0.25, 0.3) is 41.7 Å². The van der Waals surface area contributed by atoms with Gasteiger partial charge in [0.25, 0.3) is 0 Å². The molecule has 0 aromatic carbocycles. The fraction of sp³-hybridized carbons (Fsp3) is 0.0400. The summed E-state index contributed by atoms with van der Waals surface area (Å²) in [6.45, 7) is 3.70. The van der Waals surface area contributed by atoms with Crippen molar-refractivity contribution in [2.24, 2.45) is 0 Å². The van der Waals surface area contributed by atoms with Crippen molar-refractivity contribution in [3.63, 3.8) is 0 Å². The molecule has 31 heavy (non-hydrogen) atoms. The Bertz CT molecular complexity index is 1360. The van der Waals surface area contributed by atoms with Crippen molar-refractivity contribution in [2.75, 3.05) is 0 Å². The lowest BCUT2D eigenvalue weighted by atomic mass is 10.1. The molecule has 0 atom stereocenters. The van der Waals surface area contributed by atoms with E-state index in [4.69, 9.17) is 9.97 Å². The van der Waals surface area contributed by atoms with Gasteiger partial charge in [-0.15, -0.1) is 45.8 Å². The highest BCUT2D eigenvalue weighted by Crippen LogP contribution is 2.37. The van der Waals surface area contributed by atoms with Gasteiger partial charge < -0.3 is 0 Å². The Morgan fingerprint density at radius 2 is 1.55 bits per heavy atom. The van der Waals surface area contributed by atoms with Gasteiger partial charge in [-0.2, -0.15) is 0 Å². The van der Waals surface area contributed by atoms with E-state index in [-0.39, 0.29) is 0 Å². The molecule has 6 heteroatoms. The van der Waals surface area contributed by atoms with E-state index in [1.54, 1.807) is 40.5 Å². The normalized spacial score (nSPS) is 11.5. The Morgan fingerprint density at radius 3 is 2.26 bits per heavy atom. The summed E-state index contributed by atoms with van der Waals surface area (Å²) in [5.74, 6) is 0.964. The Hall–Kier alpha value is -2.51. The van der Waals surface area contributed by atoms with Crippen LogP contribution in [0, 0.1) is 0 Å². The van der Waals surface area contributed by atoms with Gasteiger partial charge in [-0.1, -0.05) is 24.8 Å². The average Bonchev–Trinajstić information content (AvgIpc) is 3.57. The van der Waals surface area contributed by atoms with E-state index in [1.165, 1.54) is 24.4 Å². The van der Waals surface area contributed by atoms with Crippen molar-refractivity contribution in [3.05, 3.63) is 95.3 Å². The van der Waals surface area contributed by atoms with E-state index in [9.17, 15) is 0 Å². The Balaban J connectivity index is 1.37. The van der Waals surface area contributed by atoms with E-state index in [2.05, 4.69) is 65.9 Å². The van der Waals surface area contributed by atoms with Crippen LogP contribution >= 0.6 is 45.8 Å². The van der Waals surface area contributed by atoms with Gasteiger partial charge in [-0.25, -0.2) is 0 Å². The minimum atomic E-state index is 0.925. The number of rotatable bonds is 7. The highest BCUT2D eigenvalue weighted by Gasteiger charge is 2.09. The number of thiophene rings is 3. The molecule has 5 aromatic rings. The molecule has 0 spiro atoms. The lowest BCUT2D eigenvalue weighted by Gasteiger charge is -2.03. The summed E-state index contributed by atoms with van der Waals surface area (Å²) >= 11 is 7.15. The zero-order valence-electron chi connectivity index (χ0n) is 16.5. The van der Waals surface area contributed by atoms with Crippen LogP contribution in [0.2, 0.25) is 0 Å². The number of thioether (sulfide) groups is 1. The largest absolute Gasteiger partial charge is 0.254 e. The molecule has 0 saturated heterocycles. The van der Waals surface area contributed by atoms with E-state index in [1.807, 2.05) is 29.8 Å². The van der Waals surface area contributed by atoms with Crippen LogP contribution in [-0.4, -0.2) is 9.97 Å². The van der Waals surface area contributed by atoms with Crippen LogP contribution in [0.1, 0.15) is 4.88 Å². The van der Waals surface area contributed by atoms with Crippen LogP contribution in [0.4, 0.5) is 0 Å². The van der Waals surface area contributed by atoms with Gasteiger partial charge in [0.15, 0.2) is 0 Å². The zero-order valence-corrected chi connectivity index (χ0v) is 19.8. The van der Waals surface area contributed by atoms with Crippen molar-refractivity contribution in [1.29, 1.82) is 0 Å². The smallest absolute Gasteiger partial charge is 0.0893 e. The minimum Gasteiger partial charge on any atom is -0.254 e. The first-order valence-electron chi connectivity index (χ1n) is 9.68. The van der Waals surface area contributed by atoms with Crippen LogP contribution in [0.3, 0.4) is 0 Å². The van der Waals surface area contributed by atoms with Crippen molar-refractivity contribution in [3.8, 4) is 30.6 Å². The van der Waals surface area contributed by atoms with Crippen molar-refractivity contribution in [2.45, 2.75) is 5.75 Å². The Morgan fingerprint density at radius 1 is 0.839 bits per heavy atom. The number of hydrogen-bond donors (Lipinski definition) is 0. The molecule has 0 fully saturated rings. The van der Waals surface area contributed by atoms with E-state index < -0.39 is 0 Å². The first-order chi connectivity index (χ1) is 15.3. The fourth-order valence-corrected chi connectivity index (χ4v) is 6.79. The van der Waals surface area contributed by atoms with E-state index in [0.29, 0.717) is 0 Å². The summed E-state index contributed by atoms with van der Waals surface area (Å²) in [4.78, 5) is 15.8. The first kappa shape index (κ1) is 20.4. The maximum Gasteiger partial charge on any atom is 0.0893 e. The molecule has 0 saturated carbocycles. The number of pyridine rings is 2. The second kappa shape index (κ2) is 9.32. The van der Waals surface area contributed by atoms with Gasteiger partial charge in [0, 0.05) is 53.7 Å². The average molecular weight is 475 g/mol. The van der Waals surface area contributed by atoms with Crippen LogP contribution in [0.15, 0.2) is 90.4 Å². The second-order valence-electron chi connectivity index (χ2n) is 6.77. The van der Waals surface area contributed by atoms with Crippen LogP contribution < -0.4 is 0 Å². The lowest BCUT2D eigenvalue weighted by Crippen LogP contribution is -1.86. The summed E-state index contributed by atoms with van der Waals surface area (Å²) in [6, 6.07) is 17.3. The standard InChI is InChI=1S/C25H18N2S4/c1-2-3-10-28-16-19-6-7-22(30-19)17-12-20-21(26-14-17)13-18(15-27-20)23-8-9-25(31-23)24-5-4-11-29-24/h2-15H,1,16H2/b10-3-. The Labute approximate surface area is 197 Å². The maximum absolute atomic E-state index is 4.72. The SMILES string of the molecule is C=C/C=C\SCc1ccc(-c2cnc3cc(-c4ccc(-c5cccs5)s4)cnc3c2)s1. The monoisotopic (exact) mass is 474 g/mol. The molecule has 5 rings (SSSR count). The third-order valence-corrected chi connectivity index (χ3v) is 9.01. The molecule has 0 aliphatic carbocycles. The van der Waals surface area contributed by atoms with Crippen molar-refractivity contribution >= 4 is 56.8 Å². The molecule has 2 nitrogen and oxygen atoms in total. The highest BCUT2D eigenvalue weighted by molar-refractivity contribution is 8.01. The van der Waals surface area contributed by atoms with Gasteiger partial charge in [0.2, 0.25) is 0 Å².